The molecule has 2 aromatic heterocycles. The second-order valence-corrected chi connectivity index (χ2v) is 6.66. The molecule has 3 rings (SSSR count). The zero-order chi connectivity index (χ0) is 14.8. The number of hydrogen-bond acceptors (Lipinski definition) is 3. The molecule has 1 aliphatic rings. The first kappa shape index (κ1) is 14.5. The Kier molecular flexibility index (Phi) is 4.27. The molecule has 1 fully saturated rings. The number of nitrogens with zero attached hydrogens (tertiary/aromatic N) is 3. The summed E-state index contributed by atoms with van der Waals surface area (Å²) in [6, 6.07) is 7.03. The van der Waals surface area contributed by atoms with E-state index in [4.69, 9.17) is 0 Å². The Morgan fingerprint density at radius 2 is 2.24 bits per heavy atom. The number of aromatic nitrogens is 2. The quantitative estimate of drug-likeness (QED) is 0.918. The monoisotopic (exact) mass is 286 g/mol. The molecule has 0 radical (unpaired) electrons. The molecule has 0 aromatic carbocycles. The van der Waals surface area contributed by atoms with Crippen molar-refractivity contribution in [2.75, 3.05) is 26.7 Å². The highest BCUT2D eigenvalue weighted by Crippen LogP contribution is 2.20. The van der Waals surface area contributed by atoms with Crippen molar-refractivity contribution in [3.8, 4) is 0 Å². The maximum atomic E-state index is 4.69. The molecule has 1 saturated heterocycles. The third kappa shape index (κ3) is 3.44. The molecule has 1 unspecified atom stereocenters. The number of hydrogen-bond donors (Lipinski definition) is 1. The number of aromatic amines is 1. The van der Waals surface area contributed by atoms with Crippen molar-refractivity contribution in [2.24, 2.45) is 5.92 Å². The Labute approximate surface area is 127 Å². The lowest BCUT2D eigenvalue weighted by molar-refractivity contribution is 0.234. The summed E-state index contributed by atoms with van der Waals surface area (Å²) in [4.78, 5) is 12.9. The van der Waals surface area contributed by atoms with E-state index in [0.29, 0.717) is 6.04 Å². The minimum absolute atomic E-state index is 0.678. The van der Waals surface area contributed by atoms with Crippen LogP contribution in [-0.2, 0) is 6.54 Å². The number of rotatable bonds is 5. The van der Waals surface area contributed by atoms with Crippen molar-refractivity contribution in [3.63, 3.8) is 0 Å². The average Bonchev–Trinajstić information content (AvgIpc) is 3.06. The molecule has 4 heteroatoms. The van der Waals surface area contributed by atoms with Gasteiger partial charge in [0.25, 0.3) is 0 Å². The molecule has 0 spiro atoms. The average molecular weight is 286 g/mol. The fraction of sp³-hybridized carbons (Fsp3) is 0.588. The van der Waals surface area contributed by atoms with Crippen LogP contribution in [-0.4, -0.2) is 52.5 Å². The maximum absolute atomic E-state index is 4.69. The highest BCUT2D eigenvalue weighted by Gasteiger charge is 2.24. The van der Waals surface area contributed by atoms with Crippen molar-refractivity contribution in [3.05, 3.63) is 30.1 Å². The summed E-state index contributed by atoms with van der Waals surface area (Å²) >= 11 is 0. The van der Waals surface area contributed by atoms with E-state index in [1.54, 1.807) is 0 Å². The van der Waals surface area contributed by atoms with Crippen molar-refractivity contribution >= 4 is 11.0 Å². The minimum atomic E-state index is 0.678. The predicted molar refractivity (Wildman–Crippen MR) is 87.2 cm³/mol. The molecule has 3 heterocycles. The van der Waals surface area contributed by atoms with Gasteiger partial charge in [0.1, 0.15) is 5.65 Å². The predicted octanol–water partition coefficient (Wildman–Crippen LogP) is 2.73. The molecule has 1 aliphatic heterocycles. The van der Waals surface area contributed by atoms with Crippen molar-refractivity contribution < 1.29 is 0 Å². The summed E-state index contributed by atoms with van der Waals surface area (Å²) in [5.41, 5.74) is 2.14. The summed E-state index contributed by atoms with van der Waals surface area (Å²) in [5, 5.41) is 1.18. The van der Waals surface area contributed by atoms with Crippen LogP contribution in [0.1, 0.15) is 26.0 Å². The third-order valence-corrected chi connectivity index (χ3v) is 4.52. The summed E-state index contributed by atoms with van der Waals surface area (Å²) < 4.78 is 0. The van der Waals surface area contributed by atoms with Crippen LogP contribution in [0.15, 0.2) is 24.4 Å². The molecule has 0 amide bonds. The number of nitrogens with one attached hydrogen (secondary N) is 1. The maximum Gasteiger partial charge on any atom is 0.137 e. The molecule has 0 saturated carbocycles. The van der Waals surface area contributed by atoms with Crippen molar-refractivity contribution in [2.45, 2.75) is 32.9 Å². The summed E-state index contributed by atoms with van der Waals surface area (Å²) in [5.74, 6) is 0.798. The summed E-state index contributed by atoms with van der Waals surface area (Å²) in [7, 11) is 2.21. The van der Waals surface area contributed by atoms with Crippen LogP contribution >= 0.6 is 0 Å². The topological polar surface area (TPSA) is 35.2 Å². The van der Waals surface area contributed by atoms with Crippen LogP contribution in [0.4, 0.5) is 0 Å². The number of likely N-dealkylation sites (tertiary alicyclic amines) is 1. The molecule has 1 N–H and O–H groups in total. The first-order valence-electron chi connectivity index (χ1n) is 7.97. The highest BCUT2D eigenvalue weighted by molar-refractivity contribution is 5.75. The van der Waals surface area contributed by atoms with Crippen LogP contribution in [0.3, 0.4) is 0 Å². The van der Waals surface area contributed by atoms with Gasteiger partial charge in [0.2, 0.25) is 0 Å². The fourth-order valence-electron chi connectivity index (χ4n) is 3.32. The SMILES string of the molecule is CC(C)N1CCC(CN(C)Cc2ccc3cc[nH]c3n2)C1. The van der Waals surface area contributed by atoms with Gasteiger partial charge in [0.05, 0.1) is 5.69 Å². The van der Waals surface area contributed by atoms with Gasteiger partial charge in [-0.15, -0.1) is 0 Å². The summed E-state index contributed by atoms with van der Waals surface area (Å²) in [6.45, 7) is 9.16. The van der Waals surface area contributed by atoms with Crippen molar-refractivity contribution in [1.29, 1.82) is 0 Å². The standard InChI is InChI=1S/C17H26N4/c1-13(2)21-9-7-14(11-21)10-20(3)12-16-5-4-15-6-8-18-17(15)19-16/h4-6,8,13-14H,7,9-12H2,1-3H3,(H,18,19). The molecule has 2 aromatic rings. The second kappa shape index (κ2) is 6.16. The molecule has 0 aliphatic carbocycles. The first-order valence-corrected chi connectivity index (χ1v) is 7.97. The van der Waals surface area contributed by atoms with Gasteiger partial charge < -0.3 is 14.8 Å². The zero-order valence-corrected chi connectivity index (χ0v) is 13.3. The van der Waals surface area contributed by atoms with Gasteiger partial charge in [-0.1, -0.05) is 0 Å². The van der Waals surface area contributed by atoms with Gasteiger partial charge in [-0.3, -0.25) is 0 Å². The molecule has 0 bridgehead atoms. The largest absolute Gasteiger partial charge is 0.346 e. The minimum Gasteiger partial charge on any atom is -0.346 e. The van der Waals surface area contributed by atoms with E-state index in [-0.39, 0.29) is 0 Å². The van der Waals surface area contributed by atoms with Gasteiger partial charge >= 0.3 is 0 Å². The van der Waals surface area contributed by atoms with E-state index in [0.717, 1.165) is 30.3 Å². The zero-order valence-electron chi connectivity index (χ0n) is 13.3. The Balaban J connectivity index is 1.55. The van der Waals surface area contributed by atoms with Crippen LogP contribution < -0.4 is 0 Å². The third-order valence-electron chi connectivity index (χ3n) is 4.52. The van der Waals surface area contributed by atoms with Gasteiger partial charge in [0, 0.05) is 37.3 Å². The first-order chi connectivity index (χ1) is 10.1. The highest BCUT2D eigenvalue weighted by atomic mass is 15.2. The van der Waals surface area contributed by atoms with Crippen LogP contribution in [0.2, 0.25) is 0 Å². The fourth-order valence-corrected chi connectivity index (χ4v) is 3.32. The molecule has 1 atom stereocenters. The van der Waals surface area contributed by atoms with E-state index >= 15 is 0 Å². The van der Waals surface area contributed by atoms with E-state index < -0.39 is 0 Å². The van der Waals surface area contributed by atoms with E-state index in [9.17, 15) is 0 Å². The van der Waals surface area contributed by atoms with Crippen molar-refractivity contribution in [1.82, 2.24) is 19.8 Å². The Bertz CT molecular complexity index is 589. The van der Waals surface area contributed by atoms with Gasteiger partial charge in [-0.2, -0.15) is 0 Å². The molecular weight excluding hydrogens is 260 g/mol. The number of fused-ring (bicyclic) bond motifs is 1. The van der Waals surface area contributed by atoms with E-state index in [2.05, 4.69) is 58.9 Å². The normalized spacial score (nSPS) is 20.1. The van der Waals surface area contributed by atoms with Gasteiger partial charge in [0.15, 0.2) is 0 Å². The lowest BCUT2D eigenvalue weighted by Crippen LogP contribution is -2.31. The van der Waals surface area contributed by atoms with Gasteiger partial charge in [-0.05, 0) is 58.0 Å². The van der Waals surface area contributed by atoms with Crippen LogP contribution in [0.25, 0.3) is 11.0 Å². The molecular formula is C17H26N4. The second-order valence-electron chi connectivity index (χ2n) is 6.66. The van der Waals surface area contributed by atoms with E-state index in [1.807, 2.05) is 6.20 Å². The van der Waals surface area contributed by atoms with Crippen LogP contribution in [0, 0.1) is 5.92 Å². The smallest absolute Gasteiger partial charge is 0.137 e. The molecule has 4 nitrogen and oxygen atoms in total. The van der Waals surface area contributed by atoms with Crippen LogP contribution in [0.5, 0.6) is 0 Å². The van der Waals surface area contributed by atoms with E-state index in [1.165, 1.54) is 24.9 Å². The molecule has 114 valence electrons. The van der Waals surface area contributed by atoms with Gasteiger partial charge in [-0.25, -0.2) is 4.98 Å². The summed E-state index contributed by atoms with van der Waals surface area (Å²) in [6.07, 6.45) is 3.27. The molecule has 21 heavy (non-hydrogen) atoms. The number of H-pyrrole nitrogens is 1. The Morgan fingerprint density at radius 3 is 3.00 bits per heavy atom. The Morgan fingerprint density at radius 1 is 1.38 bits per heavy atom. The lowest BCUT2D eigenvalue weighted by atomic mass is 10.1. The Hall–Kier alpha value is -1.39. The lowest BCUT2D eigenvalue weighted by Gasteiger charge is -2.23. The number of pyridine rings is 1.